The van der Waals surface area contributed by atoms with E-state index in [1.165, 1.54) is 5.56 Å². The van der Waals surface area contributed by atoms with Gasteiger partial charge in [0.05, 0.1) is 13.0 Å². The number of nitrogens with one attached hydrogen (secondary N) is 3. The predicted octanol–water partition coefficient (Wildman–Crippen LogP) is 2.78. The lowest BCUT2D eigenvalue weighted by atomic mass is 9.85. The summed E-state index contributed by atoms with van der Waals surface area (Å²) in [5.41, 5.74) is 7.57. The number of nitrogens with zero attached hydrogens (tertiary/aromatic N) is 2. The first-order chi connectivity index (χ1) is 22.7. The Labute approximate surface area is 278 Å². The minimum atomic E-state index is -1.27. The van der Waals surface area contributed by atoms with Crippen molar-refractivity contribution >= 4 is 23.7 Å². The molecule has 0 aliphatic heterocycles. The van der Waals surface area contributed by atoms with Gasteiger partial charge in [-0.3, -0.25) is 14.4 Å². The molecule has 1 heterocycles. The van der Waals surface area contributed by atoms with Crippen LogP contribution in [0.3, 0.4) is 0 Å². The number of rotatable bonds is 19. The van der Waals surface area contributed by atoms with Gasteiger partial charge < -0.3 is 36.5 Å². The predicted molar refractivity (Wildman–Crippen MR) is 179 cm³/mol. The lowest BCUT2D eigenvalue weighted by Gasteiger charge is -2.29. The van der Waals surface area contributed by atoms with Gasteiger partial charge in [0.2, 0.25) is 17.7 Å². The van der Waals surface area contributed by atoms with Gasteiger partial charge in [0.15, 0.2) is 0 Å². The van der Waals surface area contributed by atoms with Crippen molar-refractivity contribution in [1.82, 2.24) is 25.5 Å². The number of aliphatic hydroxyl groups excluding tert-OH is 1. The Balaban J connectivity index is 1.52. The van der Waals surface area contributed by atoms with Gasteiger partial charge in [-0.15, -0.1) is 0 Å². The Morgan fingerprint density at radius 2 is 1.55 bits per heavy atom. The van der Waals surface area contributed by atoms with Crippen LogP contribution in [0.25, 0.3) is 0 Å². The van der Waals surface area contributed by atoms with Crippen molar-refractivity contribution in [2.75, 3.05) is 13.2 Å². The summed E-state index contributed by atoms with van der Waals surface area (Å²) in [6, 6.07) is 4.39. The number of carboxylic acid groups (broad SMARTS) is 1. The fraction of sp³-hybridized carbons (Fsp3) is 0.629. The first-order valence-electron chi connectivity index (χ1n) is 17.2. The van der Waals surface area contributed by atoms with Crippen LogP contribution in [0.15, 0.2) is 36.7 Å². The Bertz CT molecular complexity index is 1260. The van der Waals surface area contributed by atoms with E-state index in [0.29, 0.717) is 19.4 Å². The average molecular weight is 655 g/mol. The van der Waals surface area contributed by atoms with E-state index < -0.39 is 48.4 Å². The molecule has 47 heavy (non-hydrogen) atoms. The molecule has 1 saturated carbocycles. The number of hydrogen-bond donors (Lipinski definition) is 6. The molecule has 1 aromatic heterocycles. The standard InChI is InChI=1S/C35H54N6O6/c1-25-37-20-22-41(25)21-10-8-11-26-15-17-27(18-16-26)23-31(43)38-30(24-42)34(45)39-29(14-7-9-19-36)33(44)40-32(35(46)47)28-12-5-3-2-4-6-13-28/h15-18,20,22,28-30,32,42H,2-14,19,21,23-24,36H2,1H3,(H,38,43)(H,39,45)(H,40,44)(H,46,47)/t29-,30-,32?/m0/s1. The number of amides is 3. The first kappa shape index (κ1) is 37.7. The third-order valence-corrected chi connectivity index (χ3v) is 9.02. The van der Waals surface area contributed by atoms with Crippen molar-refractivity contribution < 1.29 is 29.4 Å². The van der Waals surface area contributed by atoms with Gasteiger partial charge >= 0.3 is 5.97 Å². The number of aliphatic carboxylic acids is 1. The topological polar surface area (TPSA) is 189 Å². The minimum Gasteiger partial charge on any atom is -0.480 e. The van der Waals surface area contributed by atoms with Crippen molar-refractivity contribution in [2.24, 2.45) is 11.7 Å². The number of nitrogens with two attached hydrogens (primary N) is 1. The molecule has 1 aromatic carbocycles. The maximum absolute atomic E-state index is 13.4. The molecule has 3 rings (SSSR count). The molecule has 7 N–H and O–H groups in total. The summed E-state index contributed by atoms with van der Waals surface area (Å²) in [4.78, 5) is 55.8. The second-order valence-electron chi connectivity index (χ2n) is 12.7. The van der Waals surface area contributed by atoms with Crippen LogP contribution in [0, 0.1) is 12.8 Å². The zero-order valence-electron chi connectivity index (χ0n) is 27.8. The van der Waals surface area contributed by atoms with Crippen LogP contribution in [0.1, 0.15) is 94.0 Å². The third kappa shape index (κ3) is 13.1. The van der Waals surface area contributed by atoms with Crippen LogP contribution in [-0.4, -0.2) is 74.7 Å². The molecule has 260 valence electrons. The molecular formula is C35H54N6O6. The van der Waals surface area contributed by atoms with Crippen molar-refractivity contribution in [2.45, 2.75) is 121 Å². The van der Waals surface area contributed by atoms with Crippen LogP contribution < -0.4 is 21.7 Å². The number of unbranched alkanes of at least 4 members (excludes halogenated alkanes) is 2. The van der Waals surface area contributed by atoms with Gasteiger partial charge in [0.25, 0.3) is 0 Å². The normalized spacial score (nSPS) is 15.9. The smallest absolute Gasteiger partial charge is 0.326 e. The number of aryl methyl sites for hydroxylation is 3. The van der Waals surface area contributed by atoms with Crippen LogP contribution in [-0.2, 0) is 38.6 Å². The second-order valence-corrected chi connectivity index (χ2v) is 12.7. The summed E-state index contributed by atoms with van der Waals surface area (Å²) in [5, 5.41) is 27.8. The molecule has 1 unspecified atom stereocenters. The molecule has 12 nitrogen and oxygen atoms in total. The van der Waals surface area contributed by atoms with Crippen molar-refractivity contribution in [3.05, 3.63) is 53.6 Å². The number of benzene rings is 1. The fourth-order valence-corrected chi connectivity index (χ4v) is 6.19. The van der Waals surface area contributed by atoms with E-state index in [2.05, 4.69) is 25.5 Å². The van der Waals surface area contributed by atoms with E-state index in [9.17, 15) is 29.4 Å². The minimum absolute atomic E-state index is 0.0199. The molecular weight excluding hydrogens is 600 g/mol. The number of carbonyl (C=O) groups is 4. The van der Waals surface area contributed by atoms with E-state index in [4.69, 9.17) is 5.73 Å². The van der Waals surface area contributed by atoms with Gasteiger partial charge in [0, 0.05) is 18.9 Å². The Morgan fingerprint density at radius 1 is 0.894 bits per heavy atom. The quantitative estimate of drug-likeness (QED) is 0.125. The summed E-state index contributed by atoms with van der Waals surface area (Å²) in [6.45, 7) is 2.66. The Kier molecular flexibility index (Phi) is 16.4. The average Bonchev–Trinajstić information content (AvgIpc) is 3.45. The summed E-state index contributed by atoms with van der Waals surface area (Å²) in [7, 11) is 0. The highest BCUT2D eigenvalue weighted by Crippen LogP contribution is 2.25. The lowest BCUT2D eigenvalue weighted by molar-refractivity contribution is -0.144. The largest absolute Gasteiger partial charge is 0.480 e. The number of imidazole rings is 1. The Hall–Kier alpha value is -3.77. The molecule has 2 aromatic rings. The molecule has 1 aliphatic rings. The van der Waals surface area contributed by atoms with Crippen molar-refractivity contribution in [1.29, 1.82) is 0 Å². The molecule has 12 heteroatoms. The number of aliphatic hydroxyl groups is 1. The van der Waals surface area contributed by atoms with Crippen LogP contribution in [0.5, 0.6) is 0 Å². The van der Waals surface area contributed by atoms with Crippen LogP contribution in [0.2, 0.25) is 0 Å². The summed E-state index contributed by atoms with van der Waals surface area (Å²) >= 11 is 0. The Morgan fingerprint density at radius 3 is 2.17 bits per heavy atom. The first-order valence-corrected chi connectivity index (χ1v) is 17.2. The van der Waals surface area contributed by atoms with Crippen LogP contribution in [0.4, 0.5) is 0 Å². The fourth-order valence-electron chi connectivity index (χ4n) is 6.19. The van der Waals surface area contributed by atoms with Crippen LogP contribution >= 0.6 is 0 Å². The van der Waals surface area contributed by atoms with Gasteiger partial charge in [0.1, 0.15) is 23.9 Å². The molecule has 3 amide bonds. The van der Waals surface area contributed by atoms with E-state index in [-0.39, 0.29) is 18.8 Å². The molecule has 0 bridgehead atoms. The van der Waals surface area contributed by atoms with Gasteiger partial charge in [-0.2, -0.15) is 0 Å². The third-order valence-electron chi connectivity index (χ3n) is 9.02. The number of carbonyl (C=O) groups excluding carboxylic acids is 3. The van der Waals surface area contributed by atoms with Gasteiger partial charge in [-0.1, -0.05) is 56.4 Å². The van der Waals surface area contributed by atoms with E-state index in [1.807, 2.05) is 37.4 Å². The SMILES string of the molecule is Cc1nccn1CCCCc1ccc(CC(=O)N[C@@H](CO)C(=O)N[C@@H](CCCCN)C(=O)NC(C(=O)O)C2CCCCCCC2)cc1. The highest BCUT2D eigenvalue weighted by atomic mass is 16.4. The van der Waals surface area contributed by atoms with Crippen molar-refractivity contribution in [3.8, 4) is 0 Å². The maximum atomic E-state index is 13.4. The van der Waals surface area contributed by atoms with E-state index in [0.717, 1.165) is 82.1 Å². The number of carboxylic acids is 1. The molecule has 0 spiro atoms. The molecule has 3 atom stereocenters. The van der Waals surface area contributed by atoms with E-state index in [1.54, 1.807) is 6.20 Å². The highest BCUT2D eigenvalue weighted by Gasteiger charge is 2.33. The number of hydrogen-bond acceptors (Lipinski definition) is 7. The maximum Gasteiger partial charge on any atom is 0.326 e. The highest BCUT2D eigenvalue weighted by molar-refractivity contribution is 5.93. The van der Waals surface area contributed by atoms with Crippen molar-refractivity contribution in [3.63, 3.8) is 0 Å². The number of aromatic nitrogens is 2. The second kappa shape index (κ2) is 20.5. The molecule has 0 radical (unpaired) electrons. The van der Waals surface area contributed by atoms with Gasteiger partial charge in [-0.05, 0) is 81.9 Å². The van der Waals surface area contributed by atoms with E-state index >= 15 is 0 Å². The summed E-state index contributed by atoms with van der Waals surface area (Å²) in [5.74, 6) is -2.02. The molecule has 0 saturated heterocycles. The van der Waals surface area contributed by atoms with Gasteiger partial charge in [-0.25, -0.2) is 9.78 Å². The monoisotopic (exact) mass is 654 g/mol. The molecule has 1 aliphatic carbocycles. The summed E-state index contributed by atoms with van der Waals surface area (Å²) in [6.07, 6.45) is 14.7. The zero-order chi connectivity index (χ0) is 34.0. The molecule has 1 fully saturated rings. The summed E-state index contributed by atoms with van der Waals surface area (Å²) < 4.78 is 2.13. The lowest BCUT2D eigenvalue weighted by Crippen LogP contribution is -2.57. The zero-order valence-corrected chi connectivity index (χ0v) is 27.8.